The van der Waals surface area contributed by atoms with Crippen LogP contribution in [0, 0.1) is 12.3 Å². The van der Waals surface area contributed by atoms with E-state index >= 15 is 0 Å². The third kappa shape index (κ3) is 4.40. The first-order valence-electron chi connectivity index (χ1n) is 10.7. The summed E-state index contributed by atoms with van der Waals surface area (Å²) in [5.41, 5.74) is 2.77. The summed E-state index contributed by atoms with van der Waals surface area (Å²) in [4.78, 5) is 17.8. The van der Waals surface area contributed by atoms with Crippen LogP contribution in [0.4, 0.5) is 0 Å². The molecule has 3 aromatic rings. The highest BCUT2D eigenvalue weighted by Gasteiger charge is 2.41. The molecule has 2 aliphatic heterocycles. The summed E-state index contributed by atoms with van der Waals surface area (Å²) in [6, 6.07) is 15.6. The van der Waals surface area contributed by atoms with Crippen LogP contribution in [0.15, 0.2) is 69.7 Å². The number of fused-ring (bicyclic) bond motifs is 2. The Bertz CT molecular complexity index is 1580. The lowest BCUT2D eigenvalue weighted by Crippen LogP contribution is -2.45. The van der Waals surface area contributed by atoms with Gasteiger partial charge in [-0.3, -0.25) is 10.2 Å². The van der Waals surface area contributed by atoms with Crippen LogP contribution in [0.1, 0.15) is 11.1 Å². The number of rotatable bonds is 5. The van der Waals surface area contributed by atoms with E-state index in [0.717, 1.165) is 45.3 Å². The first-order chi connectivity index (χ1) is 16.7. The first-order valence-corrected chi connectivity index (χ1v) is 13.3. The van der Waals surface area contributed by atoms with Crippen LogP contribution in [0.2, 0.25) is 0 Å². The largest absolute Gasteiger partial charge is 0.492 e. The molecule has 11 heteroatoms. The smallest absolute Gasteiger partial charge is 0.283 e. The highest BCUT2D eigenvalue weighted by molar-refractivity contribution is 8.16. The van der Waals surface area contributed by atoms with Crippen molar-refractivity contribution >= 4 is 60.8 Å². The molecule has 35 heavy (non-hydrogen) atoms. The number of aromatic nitrogens is 1. The van der Waals surface area contributed by atoms with E-state index in [4.69, 9.17) is 10.1 Å². The predicted molar refractivity (Wildman–Crippen MR) is 138 cm³/mol. The molecule has 0 atom stereocenters. The normalized spacial score (nSPS) is 17.1. The zero-order valence-corrected chi connectivity index (χ0v) is 20.6. The third-order valence-corrected chi connectivity index (χ3v) is 7.29. The highest BCUT2D eigenvalue weighted by Crippen LogP contribution is 2.31. The Morgan fingerprint density at radius 3 is 2.74 bits per heavy atom. The molecule has 0 fully saturated rings. The molecule has 1 aromatic heterocycles. The summed E-state index contributed by atoms with van der Waals surface area (Å²) < 4.78 is 36.1. The molecule has 2 aliphatic rings. The monoisotopic (exact) mass is 507 g/mol. The van der Waals surface area contributed by atoms with Crippen molar-refractivity contribution in [2.24, 2.45) is 9.39 Å². The molecule has 0 radical (unpaired) electrons. The number of hydrogen-bond acceptors (Lipinski definition) is 7. The van der Waals surface area contributed by atoms with Crippen LogP contribution in [0.25, 0.3) is 17.0 Å². The van der Waals surface area contributed by atoms with Gasteiger partial charge in [-0.15, -0.1) is 0 Å². The number of nitrogens with zero attached hydrogens (tertiary/aromatic N) is 4. The fourth-order valence-corrected chi connectivity index (χ4v) is 5.78. The molecule has 0 unspecified atom stereocenters. The summed E-state index contributed by atoms with van der Waals surface area (Å²) in [5.74, 6) is -0.0855. The second kappa shape index (κ2) is 8.82. The van der Waals surface area contributed by atoms with Gasteiger partial charge in [-0.2, -0.15) is 9.39 Å². The maximum atomic E-state index is 12.7. The molecule has 5 rings (SSSR count). The van der Waals surface area contributed by atoms with Gasteiger partial charge in [-0.1, -0.05) is 30.3 Å². The number of hydrogen-bond donors (Lipinski definition) is 1. The van der Waals surface area contributed by atoms with Gasteiger partial charge >= 0.3 is 0 Å². The molecule has 178 valence electrons. The van der Waals surface area contributed by atoms with Gasteiger partial charge in [0, 0.05) is 28.9 Å². The van der Waals surface area contributed by atoms with E-state index in [1.807, 2.05) is 66.2 Å². The summed E-state index contributed by atoms with van der Waals surface area (Å²) in [6.07, 6.45) is 4.48. The van der Waals surface area contributed by atoms with Gasteiger partial charge in [0.15, 0.2) is 0 Å². The molecule has 0 saturated carbocycles. The van der Waals surface area contributed by atoms with Crippen molar-refractivity contribution in [3.8, 4) is 5.75 Å². The molecule has 1 amide bonds. The molecule has 0 aliphatic carbocycles. The zero-order chi connectivity index (χ0) is 24.7. The topological polar surface area (TPSA) is 117 Å². The van der Waals surface area contributed by atoms with E-state index < -0.39 is 15.7 Å². The molecular formula is C24H21N5O4S2. The van der Waals surface area contributed by atoms with Crippen LogP contribution in [0.5, 0.6) is 5.75 Å². The summed E-state index contributed by atoms with van der Waals surface area (Å²) in [6.45, 7) is 3.02. The van der Waals surface area contributed by atoms with Crippen molar-refractivity contribution in [3.05, 3.63) is 71.4 Å². The van der Waals surface area contributed by atoms with Crippen molar-refractivity contribution in [2.45, 2.75) is 13.5 Å². The second-order valence-corrected chi connectivity index (χ2v) is 10.8. The lowest BCUT2D eigenvalue weighted by Gasteiger charge is -2.23. The number of benzene rings is 2. The van der Waals surface area contributed by atoms with Crippen molar-refractivity contribution in [2.75, 3.05) is 12.9 Å². The van der Waals surface area contributed by atoms with Crippen molar-refractivity contribution < 1.29 is 17.9 Å². The number of para-hydroxylation sites is 1. The quantitative estimate of drug-likeness (QED) is 0.416. The molecule has 3 heterocycles. The van der Waals surface area contributed by atoms with Gasteiger partial charge in [0.2, 0.25) is 20.2 Å². The zero-order valence-electron chi connectivity index (χ0n) is 18.9. The van der Waals surface area contributed by atoms with Crippen molar-refractivity contribution in [3.63, 3.8) is 0 Å². The molecule has 2 aromatic carbocycles. The number of aliphatic imine (C=N–C) groups is 1. The molecule has 9 nitrogen and oxygen atoms in total. The Hall–Kier alpha value is -3.70. The Balaban J connectivity index is 1.46. The van der Waals surface area contributed by atoms with E-state index in [-0.39, 0.29) is 21.7 Å². The summed E-state index contributed by atoms with van der Waals surface area (Å²) in [5, 5.41) is 9.22. The standard InChI is InChI=1S/C24H21N5O4S2/c1-15-6-5-7-17(12-15)33-11-10-28-14-16(18-8-3-4-9-20(18)28)13-19-21(25)29-23(26-22(19)30)34-27-24(29)35(2,31)32/h3-9,12-14,25H,10-11H2,1-2H3/b19-13-,25-21?. The van der Waals surface area contributed by atoms with Gasteiger partial charge in [-0.05, 0) is 36.8 Å². The van der Waals surface area contributed by atoms with Crippen LogP contribution in [0.3, 0.4) is 0 Å². The fourth-order valence-electron chi connectivity index (χ4n) is 3.94. The predicted octanol–water partition coefficient (Wildman–Crippen LogP) is 3.65. The van der Waals surface area contributed by atoms with Crippen LogP contribution in [-0.4, -0.2) is 52.8 Å². The van der Waals surface area contributed by atoms with Crippen LogP contribution < -0.4 is 4.74 Å². The van der Waals surface area contributed by atoms with Gasteiger partial charge in [0.05, 0.1) is 24.1 Å². The van der Waals surface area contributed by atoms with Crippen LogP contribution >= 0.6 is 11.9 Å². The molecule has 0 saturated heterocycles. The van der Waals surface area contributed by atoms with Gasteiger partial charge in [0.1, 0.15) is 18.2 Å². The Morgan fingerprint density at radius 2 is 1.97 bits per heavy atom. The lowest BCUT2D eigenvalue weighted by atomic mass is 10.1. The number of carbonyl (C=O) groups excluding carboxylic acids is 1. The Labute approximate surface area is 206 Å². The van der Waals surface area contributed by atoms with E-state index in [9.17, 15) is 13.2 Å². The third-order valence-electron chi connectivity index (χ3n) is 5.54. The molecular weight excluding hydrogens is 486 g/mol. The fraction of sp³-hybridized carbons (Fsp3) is 0.167. The maximum Gasteiger partial charge on any atom is 0.283 e. The minimum Gasteiger partial charge on any atom is -0.492 e. The van der Waals surface area contributed by atoms with E-state index in [0.29, 0.717) is 18.7 Å². The second-order valence-electron chi connectivity index (χ2n) is 8.14. The van der Waals surface area contributed by atoms with E-state index in [1.54, 1.807) is 6.08 Å². The number of amidine groups is 3. The van der Waals surface area contributed by atoms with Crippen LogP contribution in [-0.2, 0) is 21.2 Å². The highest BCUT2D eigenvalue weighted by atomic mass is 32.2. The summed E-state index contributed by atoms with van der Waals surface area (Å²) in [7, 11) is -3.71. The number of amides is 1. The lowest BCUT2D eigenvalue weighted by molar-refractivity contribution is -0.114. The van der Waals surface area contributed by atoms with Gasteiger partial charge in [-0.25, -0.2) is 13.3 Å². The number of sulfone groups is 1. The number of aryl methyl sites for hydroxylation is 1. The molecule has 0 bridgehead atoms. The Morgan fingerprint density at radius 1 is 1.17 bits per heavy atom. The first kappa shape index (κ1) is 23.1. The average Bonchev–Trinajstić information content (AvgIpc) is 3.39. The van der Waals surface area contributed by atoms with E-state index in [1.165, 1.54) is 0 Å². The van der Waals surface area contributed by atoms with Gasteiger partial charge in [0.25, 0.3) is 5.91 Å². The number of nitrogens with one attached hydrogen (secondary N) is 1. The molecule has 1 N–H and O–H groups in total. The Kier molecular flexibility index (Phi) is 5.81. The SMILES string of the molecule is Cc1cccc(OCCn2cc(/C=C3/C(=N)N4C(=NC3=O)SN=C4S(C)(=O)=O)c3ccccc32)c1. The van der Waals surface area contributed by atoms with E-state index in [2.05, 4.69) is 9.39 Å². The van der Waals surface area contributed by atoms with Crippen molar-refractivity contribution in [1.29, 1.82) is 5.41 Å². The maximum absolute atomic E-state index is 12.7. The average molecular weight is 508 g/mol. The minimum atomic E-state index is -3.71. The number of ether oxygens (including phenoxy) is 1. The minimum absolute atomic E-state index is 0.00786. The van der Waals surface area contributed by atoms with Crippen molar-refractivity contribution in [1.82, 2.24) is 9.47 Å². The van der Waals surface area contributed by atoms with Gasteiger partial charge < -0.3 is 9.30 Å². The number of carbonyl (C=O) groups is 1. The summed E-state index contributed by atoms with van der Waals surface area (Å²) >= 11 is 0.770. The molecule has 0 spiro atoms.